The van der Waals surface area contributed by atoms with E-state index in [1.54, 1.807) is 54.2 Å². The Balaban J connectivity index is 1.46. The minimum absolute atomic E-state index is 0.174. The number of hydrogen-bond acceptors (Lipinski definition) is 7. The van der Waals surface area contributed by atoms with E-state index >= 15 is 0 Å². The predicted molar refractivity (Wildman–Crippen MR) is 144 cm³/mol. The molecule has 0 radical (unpaired) electrons. The molecule has 4 rings (SSSR count). The lowest BCUT2D eigenvalue weighted by Crippen LogP contribution is -2.54. The Morgan fingerprint density at radius 2 is 1.76 bits per heavy atom. The summed E-state index contributed by atoms with van der Waals surface area (Å²) in [6.07, 6.45) is 7.91. The van der Waals surface area contributed by atoms with Gasteiger partial charge in [0.25, 0.3) is 11.8 Å². The number of imide groups is 2. The number of allylic oxidation sites excluding steroid dienone is 4. The zero-order chi connectivity index (χ0) is 26.4. The number of benzene rings is 2. The topological polar surface area (TPSA) is 94.2 Å². The molecule has 1 fully saturated rings. The molecule has 37 heavy (non-hydrogen) atoms. The Labute approximate surface area is 220 Å². The number of nitrogens with one attached hydrogen (secondary N) is 1. The predicted octanol–water partition coefficient (Wildman–Crippen LogP) is 5.11. The summed E-state index contributed by atoms with van der Waals surface area (Å²) in [6, 6.07) is 10.7. The molecule has 192 valence electrons. The first-order valence-electron chi connectivity index (χ1n) is 11.7. The number of carbonyl (C=O) groups is 3. The number of methoxy groups -OCH3 is 2. The smallest absolute Gasteiger partial charge is 0.335 e. The molecule has 2 aliphatic rings. The van der Waals surface area contributed by atoms with E-state index in [9.17, 15) is 14.4 Å². The fourth-order valence-electron chi connectivity index (χ4n) is 3.85. The van der Waals surface area contributed by atoms with Gasteiger partial charge >= 0.3 is 6.03 Å². The number of nitrogens with zero attached hydrogens (tertiary/aromatic N) is 1. The minimum atomic E-state index is -0.813. The monoisotopic (exact) mass is 520 g/mol. The third-order valence-corrected chi connectivity index (χ3v) is 6.96. The number of urea groups is 1. The third kappa shape index (κ3) is 6.24. The van der Waals surface area contributed by atoms with Crippen LogP contribution in [0.3, 0.4) is 0 Å². The third-order valence-electron chi connectivity index (χ3n) is 5.88. The quantitative estimate of drug-likeness (QED) is 0.279. The fraction of sp³-hybridized carbons (Fsp3) is 0.250. The van der Waals surface area contributed by atoms with E-state index in [0.29, 0.717) is 35.1 Å². The van der Waals surface area contributed by atoms with Crippen LogP contribution in [0.15, 0.2) is 70.7 Å². The lowest BCUT2D eigenvalue weighted by Gasteiger charge is -2.26. The molecule has 0 aromatic heterocycles. The lowest BCUT2D eigenvalue weighted by atomic mass is 10.1. The molecule has 0 unspecified atom stereocenters. The Hall–Kier alpha value is -3.98. The highest BCUT2D eigenvalue weighted by Crippen LogP contribution is 2.31. The maximum Gasteiger partial charge on any atom is 0.335 e. The highest BCUT2D eigenvalue weighted by molar-refractivity contribution is 8.03. The molecule has 1 N–H and O–H groups in total. The summed E-state index contributed by atoms with van der Waals surface area (Å²) >= 11 is 1.78. The summed E-state index contributed by atoms with van der Waals surface area (Å²) in [7, 11) is 3.04. The van der Waals surface area contributed by atoms with Crippen molar-refractivity contribution < 1.29 is 28.6 Å². The number of anilines is 1. The van der Waals surface area contributed by atoms with Crippen LogP contribution in [0, 0.1) is 0 Å². The Kier molecular flexibility index (Phi) is 8.35. The van der Waals surface area contributed by atoms with E-state index in [-0.39, 0.29) is 5.57 Å². The summed E-state index contributed by atoms with van der Waals surface area (Å²) < 4.78 is 16.5. The van der Waals surface area contributed by atoms with Gasteiger partial charge < -0.3 is 14.2 Å². The van der Waals surface area contributed by atoms with Gasteiger partial charge in [0.15, 0.2) is 11.5 Å². The van der Waals surface area contributed by atoms with Crippen LogP contribution in [0.5, 0.6) is 17.2 Å². The van der Waals surface area contributed by atoms with Gasteiger partial charge in [-0.1, -0.05) is 23.8 Å². The minimum Gasteiger partial charge on any atom is -0.497 e. The van der Waals surface area contributed by atoms with Gasteiger partial charge in [-0.05, 0) is 72.7 Å². The average molecular weight is 521 g/mol. The van der Waals surface area contributed by atoms with Crippen LogP contribution < -0.4 is 24.4 Å². The molecule has 1 aliphatic carbocycles. The maximum atomic E-state index is 13.1. The second kappa shape index (κ2) is 11.8. The largest absolute Gasteiger partial charge is 0.497 e. The molecule has 8 nitrogen and oxygen atoms in total. The lowest BCUT2D eigenvalue weighted by molar-refractivity contribution is -0.122. The first-order chi connectivity index (χ1) is 17.9. The standard InChI is InChI=1S/C28H28N2O6S/c1-18-4-11-22(12-5-18)37-15-14-36-24-13-6-19(17-25(24)35-3)16-23-26(31)29-28(33)30(27(23)32)20-7-9-21(34-2)10-8-20/h4,6-11,13,16-17H,5,12,14-15H2,1-3H3,(H,29,31,33). The van der Waals surface area contributed by atoms with E-state index in [2.05, 4.69) is 24.4 Å². The molecular formula is C28H28N2O6S. The average Bonchev–Trinajstić information content (AvgIpc) is 2.90. The van der Waals surface area contributed by atoms with Crippen LogP contribution in [0.2, 0.25) is 0 Å². The number of hydrogen-bond donors (Lipinski definition) is 1. The van der Waals surface area contributed by atoms with Crippen molar-refractivity contribution >= 4 is 41.4 Å². The normalized spacial score (nSPS) is 16.8. The first kappa shape index (κ1) is 26.1. The SMILES string of the molecule is COc1ccc(N2C(=O)NC(=O)C(=Cc3ccc(OCCSC4=CC=C(C)CC4)c(OC)c3)C2=O)cc1. The van der Waals surface area contributed by atoms with E-state index in [1.807, 2.05) is 0 Å². The van der Waals surface area contributed by atoms with Crippen molar-refractivity contribution in [3.8, 4) is 17.2 Å². The zero-order valence-electron chi connectivity index (χ0n) is 20.9. The van der Waals surface area contributed by atoms with Gasteiger partial charge in [-0.15, -0.1) is 11.8 Å². The van der Waals surface area contributed by atoms with E-state index < -0.39 is 17.8 Å². The summed E-state index contributed by atoms with van der Waals surface area (Å²) in [5.41, 5.74) is 2.09. The fourth-order valence-corrected chi connectivity index (χ4v) is 4.69. The number of carbonyl (C=O) groups excluding carboxylic acids is 3. The number of rotatable bonds is 9. The van der Waals surface area contributed by atoms with Crippen molar-refractivity contribution in [1.82, 2.24) is 5.32 Å². The molecule has 0 spiro atoms. The van der Waals surface area contributed by atoms with Crippen molar-refractivity contribution in [3.63, 3.8) is 0 Å². The van der Waals surface area contributed by atoms with E-state index in [0.717, 1.165) is 23.5 Å². The summed E-state index contributed by atoms with van der Waals surface area (Å²) in [6.45, 7) is 2.64. The number of amides is 4. The Bertz CT molecular complexity index is 1300. The van der Waals surface area contributed by atoms with Gasteiger partial charge in [-0.2, -0.15) is 0 Å². The van der Waals surface area contributed by atoms with Crippen molar-refractivity contribution in [1.29, 1.82) is 0 Å². The Morgan fingerprint density at radius 3 is 2.43 bits per heavy atom. The van der Waals surface area contributed by atoms with Gasteiger partial charge in [-0.3, -0.25) is 14.9 Å². The summed E-state index contributed by atoms with van der Waals surface area (Å²) in [4.78, 5) is 40.3. The highest BCUT2D eigenvalue weighted by atomic mass is 32.2. The van der Waals surface area contributed by atoms with Crippen molar-refractivity contribution in [2.75, 3.05) is 31.5 Å². The zero-order valence-corrected chi connectivity index (χ0v) is 21.7. The van der Waals surface area contributed by atoms with Gasteiger partial charge in [0.2, 0.25) is 0 Å². The van der Waals surface area contributed by atoms with Crippen LogP contribution >= 0.6 is 11.8 Å². The molecule has 0 bridgehead atoms. The van der Waals surface area contributed by atoms with E-state index in [4.69, 9.17) is 14.2 Å². The number of thioether (sulfide) groups is 1. The highest BCUT2D eigenvalue weighted by Gasteiger charge is 2.36. The molecule has 9 heteroatoms. The molecule has 0 saturated carbocycles. The van der Waals surface area contributed by atoms with Crippen LogP contribution in [0.1, 0.15) is 25.3 Å². The molecule has 1 aliphatic heterocycles. The van der Waals surface area contributed by atoms with Gasteiger partial charge in [0, 0.05) is 5.75 Å². The van der Waals surface area contributed by atoms with Gasteiger partial charge in [0.1, 0.15) is 11.3 Å². The molecule has 4 amide bonds. The second-order valence-electron chi connectivity index (χ2n) is 8.41. The molecule has 2 aromatic carbocycles. The maximum absolute atomic E-state index is 13.1. The van der Waals surface area contributed by atoms with Crippen molar-refractivity contribution in [2.45, 2.75) is 19.8 Å². The number of barbiturate groups is 1. The second-order valence-corrected chi connectivity index (χ2v) is 9.63. The van der Waals surface area contributed by atoms with Gasteiger partial charge in [-0.25, -0.2) is 9.69 Å². The molecule has 1 saturated heterocycles. The van der Waals surface area contributed by atoms with Gasteiger partial charge in [0.05, 0.1) is 26.5 Å². The van der Waals surface area contributed by atoms with Crippen LogP contribution in [0.25, 0.3) is 6.08 Å². The molecular weight excluding hydrogens is 492 g/mol. The van der Waals surface area contributed by atoms with E-state index in [1.165, 1.54) is 30.8 Å². The molecule has 1 heterocycles. The van der Waals surface area contributed by atoms with Crippen LogP contribution in [-0.2, 0) is 9.59 Å². The molecule has 0 atom stereocenters. The summed E-state index contributed by atoms with van der Waals surface area (Å²) in [5, 5.41) is 2.22. The van der Waals surface area contributed by atoms with Crippen molar-refractivity contribution in [3.05, 3.63) is 76.2 Å². The first-order valence-corrected chi connectivity index (χ1v) is 12.7. The number of ether oxygens (including phenoxy) is 3. The van der Waals surface area contributed by atoms with Crippen molar-refractivity contribution in [2.24, 2.45) is 0 Å². The van der Waals surface area contributed by atoms with Crippen LogP contribution in [-0.4, -0.2) is 44.4 Å². The van der Waals surface area contributed by atoms with Crippen LogP contribution in [0.4, 0.5) is 10.5 Å². The summed E-state index contributed by atoms with van der Waals surface area (Å²) in [5.74, 6) is 0.925. The molecule has 2 aromatic rings. The Morgan fingerprint density at radius 1 is 0.973 bits per heavy atom.